The number of rotatable bonds is 6. The van der Waals surface area contributed by atoms with Gasteiger partial charge in [0.25, 0.3) is 0 Å². The van der Waals surface area contributed by atoms with Gasteiger partial charge in [-0.15, -0.1) is 11.3 Å². The lowest BCUT2D eigenvalue weighted by molar-refractivity contribution is 0.628. The van der Waals surface area contributed by atoms with Gasteiger partial charge in [0.2, 0.25) is 0 Å². The molecule has 0 bridgehead atoms. The molecule has 0 aliphatic rings. The van der Waals surface area contributed by atoms with Crippen LogP contribution >= 0.6 is 11.3 Å². The maximum atomic E-state index is 14.0. The third-order valence-electron chi connectivity index (χ3n) is 8.79. The van der Waals surface area contributed by atoms with E-state index in [2.05, 4.69) is 140 Å². The Morgan fingerprint density at radius 2 is 1.26 bits per heavy atom. The summed E-state index contributed by atoms with van der Waals surface area (Å²) in [5, 5.41) is 7.38. The van der Waals surface area contributed by atoms with Crippen molar-refractivity contribution in [3.8, 4) is 11.1 Å². The van der Waals surface area contributed by atoms with Gasteiger partial charge in [0, 0.05) is 37.2 Å². The molecule has 0 saturated carbocycles. The van der Waals surface area contributed by atoms with Crippen LogP contribution in [-0.2, 0) is 0 Å². The molecule has 0 amide bonds. The second kappa shape index (κ2) is 11.4. The number of hydrogen-bond acceptors (Lipinski definition) is 2. The highest BCUT2D eigenvalue weighted by atomic mass is 32.1. The Labute approximate surface area is 271 Å². The standard InChI is InChI=1S/C43H30FNS/c1-3-10-39-35(4-2)37-13-7-8-14-38(37)41-40-16-9-15-36(42(40)46-43(39)41)29-18-22-32(23-19-29)45(33-25-20-31(44)21-26-33)34-24-17-28-11-5-6-12-30(28)27-34/h3-27H,2H2,1H3/b10-3-. The average molecular weight is 612 g/mol. The van der Waals surface area contributed by atoms with Gasteiger partial charge in [0.15, 0.2) is 0 Å². The van der Waals surface area contributed by atoms with E-state index >= 15 is 0 Å². The Morgan fingerprint density at radius 1 is 0.609 bits per heavy atom. The first-order chi connectivity index (χ1) is 22.6. The van der Waals surface area contributed by atoms with E-state index < -0.39 is 0 Å². The second-order valence-electron chi connectivity index (χ2n) is 11.5. The van der Waals surface area contributed by atoms with Crippen LogP contribution in [0.15, 0.2) is 146 Å². The molecular weight excluding hydrogens is 582 g/mol. The summed E-state index contributed by atoms with van der Waals surface area (Å²) in [6.07, 6.45) is 6.32. The van der Waals surface area contributed by atoms with Crippen LogP contribution in [0.2, 0.25) is 0 Å². The van der Waals surface area contributed by atoms with Crippen molar-refractivity contribution in [3.05, 3.63) is 163 Å². The first-order valence-electron chi connectivity index (χ1n) is 15.4. The highest BCUT2D eigenvalue weighted by molar-refractivity contribution is 7.26. The normalized spacial score (nSPS) is 11.7. The summed E-state index contributed by atoms with van der Waals surface area (Å²) >= 11 is 1.86. The van der Waals surface area contributed by atoms with Gasteiger partial charge in [-0.25, -0.2) is 4.39 Å². The molecule has 0 aliphatic heterocycles. The summed E-state index contributed by atoms with van der Waals surface area (Å²) in [6, 6.07) is 45.5. The van der Waals surface area contributed by atoms with Crippen LogP contribution in [0, 0.1) is 5.82 Å². The maximum Gasteiger partial charge on any atom is 0.123 e. The summed E-state index contributed by atoms with van der Waals surface area (Å²) in [5.74, 6) is -0.250. The Bertz CT molecular complexity index is 2450. The highest BCUT2D eigenvalue weighted by Gasteiger charge is 2.19. The predicted octanol–water partition coefficient (Wildman–Crippen LogP) is 13.3. The van der Waals surface area contributed by atoms with Crippen molar-refractivity contribution in [2.75, 3.05) is 4.90 Å². The molecule has 8 aromatic rings. The Morgan fingerprint density at radius 3 is 2.00 bits per heavy atom. The molecule has 7 aromatic carbocycles. The zero-order valence-electron chi connectivity index (χ0n) is 25.4. The molecule has 46 heavy (non-hydrogen) atoms. The molecule has 0 unspecified atom stereocenters. The van der Waals surface area contributed by atoms with Crippen LogP contribution in [0.1, 0.15) is 18.1 Å². The molecular formula is C43H30FNS. The molecule has 0 fully saturated rings. The number of hydrogen-bond donors (Lipinski definition) is 0. The van der Waals surface area contributed by atoms with Gasteiger partial charge in [-0.2, -0.15) is 0 Å². The molecule has 0 saturated heterocycles. The van der Waals surface area contributed by atoms with Crippen molar-refractivity contribution in [3.63, 3.8) is 0 Å². The van der Waals surface area contributed by atoms with Gasteiger partial charge in [0.1, 0.15) is 5.82 Å². The van der Waals surface area contributed by atoms with Gasteiger partial charge in [-0.3, -0.25) is 0 Å². The highest BCUT2D eigenvalue weighted by Crippen LogP contribution is 2.47. The topological polar surface area (TPSA) is 3.24 Å². The lowest BCUT2D eigenvalue weighted by atomic mass is 9.93. The molecule has 0 N–H and O–H groups in total. The fourth-order valence-electron chi connectivity index (χ4n) is 6.70. The van der Waals surface area contributed by atoms with Gasteiger partial charge < -0.3 is 4.90 Å². The predicted molar refractivity (Wildman–Crippen MR) is 199 cm³/mol. The van der Waals surface area contributed by atoms with Crippen molar-refractivity contribution in [1.29, 1.82) is 0 Å². The number of thiophene rings is 1. The zero-order chi connectivity index (χ0) is 31.2. The summed E-state index contributed by atoms with van der Waals surface area (Å²) < 4.78 is 16.5. The fourth-order valence-corrected chi connectivity index (χ4v) is 8.09. The number of anilines is 3. The minimum Gasteiger partial charge on any atom is -0.310 e. The van der Waals surface area contributed by atoms with Crippen LogP contribution in [-0.4, -0.2) is 0 Å². The van der Waals surface area contributed by atoms with E-state index in [1.807, 2.05) is 29.5 Å². The first-order valence-corrected chi connectivity index (χ1v) is 16.3. The summed E-state index contributed by atoms with van der Waals surface area (Å²) in [6.45, 7) is 6.25. The Kier molecular flexibility index (Phi) is 6.97. The van der Waals surface area contributed by atoms with E-state index in [0.29, 0.717) is 0 Å². The molecule has 0 spiro atoms. The monoisotopic (exact) mass is 611 g/mol. The molecule has 1 nitrogen and oxygen atoms in total. The van der Waals surface area contributed by atoms with E-state index in [9.17, 15) is 4.39 Å². The van der Waals surface area contributed by atoms with Crippen molar-refractivity contribution in [2.24, 2.45) is 0 Å². The summed E-state index contributed by atoms with van der Waals surface area (Å²) in [5.41, 5.74) is 7.68. The third-order valence-corrected chi connectivity index (χ3v) is 10.1. The van der Waals surface area contributed by atoms with Gasteiger partial charge >= 0.3 is 0 Å². The minimum absolute atomic E-state index is 0.250. The molecule has 8 rings (SSSR count). The molecule has 3 heteroatoms. The minimum atomic E-state index is -0.250. The smallest absolute Gasteiger partial charge is 0.123 e. The van der Waals surface area contributed by atoms with E-state index in [0.717, 1.165) is 28.0 Å². The van der Waals surface area contributed by atoms with E-state index in [1.165, 1.54) is 65.2 Å². The number of allylic oxidation sites excluding steroid dienone is 1. The first kappa shape index (κ1) is 28.0. The molecule has 1 aromatic heterocycles. The van der Waals surface area contributed by atoms with Crippen molar-refractivity contribution in [2.45, 2.75) is 6.92 Å². The van der Waals surface area contributed by atoms with Crippen molar-refractivity contribution >= 4 is 82.3 Å². The molecule has 0 radical (unpaired) electrons. The van der Waals surface area contributed by atoms with Gasteiger partial charge in [-0.05, 0) is 99.3 Å². The van der Waals surface area contributed by atoms with E-state index in [-0.39, 0.29) is 5.82 Å². The van der Waals surface area contributed by atoms with Crippen LogP contribution in [0.3, 0.4) is 0 Å². The average Bonchev–Trinajstić information content (AvgIpc) is 3.50. The van der Waals surface area contributed by atoms with E-state index in [1.54, 1.807) is 0 Å². The van der Waals surface area contributed by atoms with Crippen LogP contribution in [0.4, 0.5) is 21.5 Å². The zero-order valence-corrected chi connectivity index (χ0v) is 26.2. The van der Waals surface area contributed by atoms with Crippen LogP contribution in [0.5, 0.6) is 0 Å². The van der Waals surface area contributed by atoms with E-state index in [4.69, 9.17) is 0 Å². The molecule has 1 heterocycles. The summed E-state index contributed by atoms with van der Waals surface area (Å²) in [7, 11) is 0. The second-order valence-corrected chi connectivity index (χ2v) is 12.5. The van der Waals surface area contributed by atoms with Crippen molar-refractivity contribution in [1.82, 2.24) is 0 Å². The Hall–Kier alpha value is -5.51. The Balaban J connectivity index is 1.29. The van der Waals surface area contributed by atoms with Crippen LogP contribution < -0.4 is 4.90 Å². The molecule has 0 atom stereocenters. The lowest BCUT2D eigenvalue weighted by Crippen LogP contribution is -2.09. The van der Waals surface area contributed by atoms with Gasteiger partial charge in [0.05, 0.1) is 0 Å². The number of nitrogens with zero attached hydrogens (tertiary/aromatic N) is 1. The van der Waals surface area contributed by atoms with Crippen LogP contribution in [0.25, 0.3) is 65.0 Å². The quantitative estimate of drug-likeness (QED) is 0.181. The number of benzene rings is 7. The molecule has 220 valence electrons. The number of fused-ring (bicyclic) bond motifs is 6. The maximum absolute atomic E-state index is 14.0. The molecule has 0 aliphatic carbocycles. The van der Waals surface area contributed by atoms with Gasteiger partial charge in [-0.1, -0.05) is 110 Å². The SMILES string of the molecule is C=Cc1c(/C=C\C)c2sc3c(-c4ccc(N(c5ccc(F)cc5)c5ccc6ccccc6c5)cc4)cccc3c2c2ccccc12. The largest absolute Gasteiger partial charge is 0.310 e. The fraction of sp³-hybridized carbons (Fsp3) is 0.0233. The summed E-state index contributed by atoms with van der Waals surface area (Å²) in [4.78, 5) is 2.18. The van der Waals surface area contributed by atoms with Crippen molar-refractivity contribution < 1.29 is 4.39 Å². The lowest BCUT2D eigenvalue weighted by Gasteiger charge is -2.26. The third kappa shape index (κ3) is 4.60. The number of halogens is 1.